The highest BCUT2D eigenvalue weighted by atomic mass is 16.5. The third-order valence-corrected chi connectivity index (χ3v) is 5.51. The van der Waals surface area contributed by atoms with Gasteiger partial charge in [-0.2, -0.15) is 0 Å². The number of ether oxygens (including phenoxy) is 1. The van der Waals surface area contributed by atoms with E-state index in [1.807, 2.05) is 63.2 Å². The standard InChI is InChI=1S/C24H28N2O4/c1-5-18-11-6-7-12-20(18)26-14-19(13-21(26)27)24(29)30-17(4)23(28)25-22-15(2)9-8-10-16(22)3/h6-12,17,19H,5,13-14H2,1-4H3,(H,25,28)/t17-,19+/m0/s1. The molecule has 0 saturated carbocycles. The highest BCUT2D eigenvalue weighted by Crippen LogP contribution is 2.29. The monoisotopic (exact) mass is 408 g/mol. The number of hydrogen-bond donors (Lipinski definition) is 1. The van der Waals surface area contributed by atoms with Crippen molar-refractivity contribution in [1.82, 2.24) is 0 Å². The van der Waals surface area contributed by atoms with Gasteiger partial charge in [-0.1, -0.05) is 43.3 Å². The highest BCUT2D eigenvalue weighted by molar-refractivity contribution is 6.01. The van der Waals surface area contributed by atoms with Gasteiger partial charge in [0.25, 0.3) is 5.91 Å². The molecule has 1 heterocycles. The van der Waals surface area contributed by atoms with Gasteiger partial charge in [-0.3, -0.25) is 14.4 Å². The Morgan fingerprint density at radius 2 is 1.80 bits per heavy atom. The van der Waals surface area contributed by atoms with Gasteiger partial charge in [-0.05, 0) is 49.9 Å². The van der Waals surface area contributed by atoms with Crippen molar-refractivity contribution in [2.24, 2.45) is 5.92 Å². The number of nitrogens with zero attached hydrogens (tertiary/aromatic N) is 1. The summed E-state index contributed by atoms with van der Waals surface area (Å²) in [4.78, 5) is 39.4. The van der Waals surface area contributed by atoms with Crippen molar-refractivity contribution in [3.8, 4) is 0 Å². The van der Waals surface area contributed by atoms with Crippen LogP contribution in [0.1, 0.15) is 37.0 Å². The Bertz CT molecular complexity index is 949. The second kappa shape index (κ2) is 9.11. The molecule has 3 rings (SSSR count). The molecular weight excluding hydrogens is 380 g/mol. The summed E-state index contributed by atoms with van der Waals surface area (Å²) in [5.41, 5.74) is 4.49. The predicted molar refractivity (Wildman–Crippen MR) is 116 cm³/mol. The molecule has 1 fully saturated rings. The molecule has 0 aromatic heterocycles. The molecule has 1 aliphatic rings. The molecule has 6 nitrogen and oxygen atoms in total. The maximum Gasteiger partial charge on any atom is 0.312 e. The number of nitrogens with one attached hydrogen (secondary N) is 1. The predicted octanol–water partition coefficient (Wildman–Crippen LogP) is 3.79. The highest BCUT2D eigenvalue weighted by Gasteiger charge is 2.37. The van der Waals surface area contributed by atoms with Gasteiger partial charge in [0, 0.05) is 24.3 Å². The number of para-hydroxylation sites is 2. The number of rotatable bonds is 6. The first-order chi connectivity index (χ1) is 14.3. The number of hydrogen-bond acceptors (Lipinski definition) is 4. The molecule has 0 spiro atoms. The van der Waals surface area contributed by atoms with Gasteiger partial charge >= 0.3 is 5.97 Å². The van der Waals surface area contributed by atoms with E-state index in [0.29, 0.717) is 0 Å². The van der Waals surface area contributed by atoms with E-state index in [4.69, 9.17) is 4.74 Å². The first-order valence-corrected chi connectivity index (χ1v) is 10.3. The second-order valence-corrected chi connectivity index (χ2v) is 7.72. The van der Waals surface area contributed by atoms with E-state index in [-0.39, 0.29) is 18.9 Å². The van der Waals surface area contributed by atoms with Gasteiger partial charge < -0.3 is 15.0 Å². The normalized spacial score (nSPS) is 17.0. The van der Waals surface area contributed by atoms with Gasteiger partial charge in [0.05, 0.1) is 5.92 Å². The van der Waals surface area contributed by atoms with E-state index >= 15 is 0 Å². The van der Waals surface area contributed by atoms with E-state index in [1.165, 1.54) is 0 Å². The van der Waals surface area contributed by atoms with Crippen LogP contribution in [0.3, 0.4) is 0 Å². The Morgan fingerprint density at radius 3 is 2.47 bits per heavy atom. The largest absolute Gasteiger partial charge is 0.452 e. The fourth-order valence-corrected chi connectivity index (χ4v) is 3.73. The zero-order valence-corrected chi connectivity index (χ0v) is 17.9. The molecule has 1 aliphatic heterocycles. The van der Waals surface area contributed by atoms with Crippen molar-refractivity contribution in [2.45, 2.75) is 46.6 Å². The lowest BCUT2D eigenvalue weighted by Crippen LogP contribution is -2.33. The maximum absolute atomic E-state index is 12.6. The second-order valence-electron chi connectivity index (χ2n) is 7.72. The molecule has 2 aromatic rings. The van der Waals surface area contributed by atoms with Gasteiger partial charge in [0.2, 0.25) is 5.91 Å². The lowest BCUT2D eigenvalue weighted by atomic mass is 10.1. The van der Waals surface area contributed by atoms with Crippen molar-refractivity contribution in [1.29, 1.82) is 0 Å². The molecule has 6 heteroatoms. The van der Waals surface area contributed by atoms with Crippen molar-refractivity contribution in [2.75, 3.05) is 16.8 Å². The van der Waals surface area contributed by atoms with Crippen molar-refractivity contribution < 1.29 is 19.1 Å². The van der Waals surface area contributed by atoms with E-state index in [2.05, 4.69) is 5.32 Å². The minimum atomic E-state index is -0.955. The zero-order valence-electron chi connectivity index (χ0n) is 17.9. The number of esters is 1. The molecule has 2 amide bonds. The lowest BCUT2D eigenvalue weighted by molar-refractivity contribution is -0.157. The topological polar surface area (TPSA) is 75.7 Å². The summed E-state index contributed by atoms with van der Waals surface area (Å²) in [6.07, 6.45) is -0.0734. The van der Waals surface area contributed by atoms with Crippen LogP contribution in [-0.4, -0.2) is 30.4 Å². The molecule has 1 saturated heterocycles. The summed E-state index contributed by atoms with van der Waals surface area (Å²) in [6.45, 7) is 7.65. The van der Waals surface area contributed by atoms with Crippen LogP contribution in [0.4, 0.5) is 11.4 Å². The average Bonchev–Trinajstić information content (AvgIpc) is 3.12. The van der Waals surface area contributed by atoms with Gasteiger partial charge in [-0.25, -0.2) is 0 Å². The summed E-state index contributed by atoms with van der Waals surface area (Å²) in [5, 5.41) is 2.84. The molecule has 0 unspecified atom stereocenters. The van der Waals surface area contributed by atoms with E-state index in [0.717, 1.165) is 34.5 Å². The van der Waals surface area contributed by atoms with Crippen LogP contribution in [0.25, 0.3) is 0 Å². The summed E-state index contributed by atoms with van der Waals surface area (Å²) >= 11 is 0. The number of carbonyl (C=O) groups is 3. The summed E-state index contributed by atoms with van der Waals surface area (Å²) in [5.74, 6) is -1.61. The van der Waals surface area contributed by atoms with Gasteiger partial charge in [0.15, 0.2) is 6.10 Å². The van der Waals surface area contributed by atoms with Crippen LogP contribution in [-0.2, 0) is 25.5 Å². The fourth-order valence-electron chi connectivity index (χ4n) is 3.73. The average molecular weight is 408 g/mol. The zero-order chi connectivity index (χ0) is 21.8. The summed E-state index contributed by atoms with van der Waals surface area (Å²) in [6, 6.07) is 13.4. The number of amides is 2. The molecule has 30 heavy (non-hydrogen) atoms. The minimum Gasteiger partial charge on any atom is -0.452 e. The van der Waals surface area contributed by atoms with Gasteiger partial charge in [-0.15, -0.1) is 0 Å². The Labute approximate surface area is 177 Å². The quantitative estimate of drug-likeness (QED) is 0.738. The van der Waals surface area contributed by atoms with Crippen molar-refractivity contribution in [3.05, 3.63) is 59.2 Å². The summed E-state index contributed by atoms with van der Waals surface area (Å²) in [7, 11) is 0. The number of carbonyl (C=O) groups excluding carboxylic acids is 3. The van der Waals surface area contributed by atoms with Crippen LogP contribution < -0.4 is 10.2 Å². The van der Waals surface area contributed by atoms with Crippen molar-refractivity contribution in [3.63, 3.8) is 0 Å². The van der Waals surface area contributed by atoms with Crippen molar-refractivity contribution >= 4 is 29.2 Å². The van der Waals surface area contributed by atoms with E-state index in [1.54, 1.807) is 11.8 Å². The molecule has 0 radical (unpaired) electrons. The molecule has 158 valence electrons. The molecular formula is C24H28N2O4. The van der Waals surface area contributed by atoms with Crippen LogP contribution >= 0.6 is 0 Å². The fraction of sp³-hybridized carbons (Fsp3) is 0.375. The van der Waals surface area contributed by atoms with Gasteiger partial charge in [0.1, 0.15) is 0 Å². The third kappa shape index (κ3) is 4.53. The van der Waals surface area contributed by atoms with Crippen LogP contribution in [0.5, 0.6) is 0 Å². The maximum atomic E-state index is 12.6. The van der Waals surface area contributed by atoms with Crippen LogP contribution in [0, 0.1) is 19.8 Å². The first kappa shape index (κ1) is 21.6. The van der Waals surface area contributed by atoms with E-state index in [9.17, 15) is 14.4 Å². The Kier molecular flexibility index (Phi) is 6.55. The van der Waals surface area contributed by atoms with E-state index < -0.39 is 23.9 Å². The third-order valence-electron chi connectivity index (χ3n) is 5.51. The molecule has 2 atom stereocenters. The number of benzene rings is 2. The number of anilines is 2. The smallest absolute Gasteiger partial charge is 0.312 e. The molecule has 0 aliphatic carbocycles. The first-order valence-electron chi connectivity index (χ1n) is 10.3. The lowest BCUT2D eigenvalue weighted by Gasteiger charge is -2.20. The SMILES string of the molecule is CCc1ccccc1N1C[C@H](C(=O)O[C@@H](C)C(=O)Nc2c(C)cccc2C)CC1=O. The Balaban J connectivity index is 1.63. The van der Waals surface area contributed by atoms with Crippen LogP contribution in [0.2, 0.25) is 0 Å². The minimum absolute atomic E-state index is 0.0854. The molecule has 2 aromatic carbocycles. The van der Waals surface area contributed by atoms with Crippen LogP contribution in [0.15, 0.2) is 42.5 Å². The Hall–Kier alpha value is -3.15. The molecule has 1 N–H and O–H groups in total. The molecule has 0 bridgehead atoms. The Morgan fingerprint density at radius 1 is 1.13 bits per heavy atom. The number of aryl methyl sites for hydroxylation is 3. The summed E-state index contributed by atoms with van der Waals surface area (Å²) < 4.78 is 5.41.